The third kappa shape index (κ3) is 8.81. The van der Waals surface area contributed by atoms with E-state index in [2.05, 4.69) is 10.6 Å². The van der Waals surface area contributed by atoms with E-state index in [1.807, 2.05) is 37.3 Å². The Labute approximate surface area is 292 Å². The molecule has 1 aliphatic heterocycles. The molecule has 9 nitrogen and oxygen atoms in total. The fourth-order valence-electron chi connectivity index (χ4n) is 5.44. The van der Waals surface area contributed by atoms with Gasteiger partial charge in [0, 0.05) is 37.0 Å². The molecule has 2 atom stereocenters. The van der Waals surface area contributed by atoms with Gasteiger partial charge in [0.2, 0.25) is 17.7 Å². The number of nitrogens with one attached hydrogen (secondary N) is 2. The Morgan fingerprint density at radius 2 is 1.69 bits per heavy atom. The summed E-state index contributed by atoms with van der Waals surface area (Å²) < 4.78 is 38.2. The maximum atomic E-state index is 13.9. The molecule has 1 fully saturated rings. The number of benzene rings is 4. The van der Waals surface area contributed by atoms with Crippen LogP contribution in [-0.2, 0) is 22.6 Å². The summed E-state index contributed by atoms with van der Waals surface area (Å²) in [7, 11) is 1.57. The number of halogens is 3. The summed E-state index contributed by atoms with van der Waals surface area (Å²) in [5.41, 5.74) is 8.85. The van der Waals surface area contributed by atoms with Crippen LogP contribution in [0.15, 0.2) is 78.9 Å². The van der Waals surface area contributed by atoms with E-state index in [-0.39, 0.29) is 35.4 Å². The summed E-state index contributed by atoms with van der Waals surface area (Å²) in [6, 6.07) is 20.8. The summed E-state index contributed by atoms with van der Waals surface area (Å²) in [4.78, 5) is 40.6. The quantitative estimate of drug-likeness (QED) is 0.134. The Hall–Kier alpha value is -4.81. The van der Waals surface area contributed by atoms with Gasteiger partial charge >= 0.3 is 0 Å². The molecule has 256 valence electrons. The number of carbonyl (C=O) groups excluding carboxylic acids is 3. The second kappa shape index (κ2) is 16.1. The fraction of sp³-hybridized carbons (Fsp3) is 0.250. The van der Waals surface area contributed by atoms with E-state index >= 15 is 0 Å². The highest BCUT2D eigenvalue weighted by Crippen LogP contribution is 2.47. The normalized spacial score (nSPS) is 15.6. The van der Waals surface area contributed by atoms with Gasteiger partial charge in [-0.25, -0.2) is 8.78 Å². The lowest BCUT2D eigenvalue weighted by atomic mass is 10.1. The SMILES string of the molecule is CCOc1cc(CCNC(=O)C[C@H]2S[C@@H](c3ccc(NCc4cc(F)cc(F)c4)cc3)N(c3ccc(Cl)c(C(N)=O)c3)C2=O)ccc1OC. The molecule has 49 heavy (non-hydrogen) atoms. The van der Waals surface area contributed by atoms with Gasteiger partial charge in [-0.3, -0.25) is 19.3 Å². The lowest BCUT2D eigenvalue weighted by molar-refractivity contribution is -0.124. The van der Waals surface area contributed by atoms with E-state index in [1.54, 1.807) is 25.3 Å². The Bertz CT molecular complexity index is 1820. The minimum Gasteiger partial charge on any atom is -0.493 e. The molecular weight excluding hydrogens is 674 g/mol. The van der Waals surface area contributed by atoms with Gasteiger partial charge < -0.3 is 25.8 Å². The smallest absolute Gasteiger partial charge is 0.250 e. The Morgan fingerprint density at radius 1 is 0.959 bits per heavy atom. The van der Waals surface area contributed by atoms with Crippen molar-refractivity contribution in [2.75, 3.05) is 30.5 Å². The molecule has 1 saturated heterocycles. The van der Waals surface area contributed by atoms with Crippen molar-refractivity contribution < 1.29 is 32.6 Å². The standard InChI is InChI=1S/C36H35ClF2N4O5S/c1-3-48-31-16-21(4-11-30(31)47-2)12-13-41-33(44)19-32-35(46)43(27-9-10-29(37)28(18-27)34(40)45)36(49-32)23-5-7-26(8-6-23)42-20-22-14-24(38)17-25(39)15-22/h4-11,14-18,32,36,42H,3,12-13,19-20H2,1-2H3,(H2,40,45)(H,41,44)/t32-,36+/m1/s1. The molecule has 1 heterocycles. The van der Waals surface area contributed by atoms with Gasteiger partial charge in [-0.1, -0.05) is 29.8 Å². The molecule has 4 aromatic carbocycles. The molecule has 0 saturated carbocycles. The van der Waals surface area contributed by atoms with Crippen LogP contribution in [0.4, 0.5) is 20.2 Å². The molecule has 13 heteroatoms. The van der Waals surface area contributed by atoms with E-state index in [0.29, 0.717) is 48.0 Å². The molecule has 0 bridgehead atoms. The number of primary amides is 1. The van der Waals surface area contributed by atoms with Gasteiger partial charge in [0.1, 0.15) is 17.0 Å². The summed E-state index contributed by atoms with van der Waals surface area (Å²) in [6.07, 6.45) is 0.481. The summed E-state index contributed by atoms with van der Waals surface area (Å²) in [6.45, 7) is 2.92. The zero-order valence-corrected chi connectivity index (χ0v) is 28.4. The Kier molecular flexibility index (Phi) is 11.6. The predicted octanol–water partition coefficient (Wildman–Crippen LogP) is 6.63. The van der Waals surface area contributed by atoms with Crippen molar-refractivity contribution in [3.05, 3.63) is 118 Å². The first-order valence-electron chi connectivity index (χ1n) is 15.5. The van der Waals surface area contributed by atoms with E-state index in [4.69, 9.17) is 26.8 Å². The number of carbonyl (C=O) groups is 3. The van der Waals surface area contributed by atoms with Crippen molar-refractivity contribution in [3.8, 4) is 11.5 Å². The average Bonchev–Trinajstić information content (AvgIpc) is 3.39. The molecule has 3 amide bonds. The molecule has 4 N–H and O–H groups in total. The van der Waals surface area contributed by atoms with Crippen molar-refractivity contribution in [1.82, 2.24) is 5.32 Å². The van der Waals surface area contributed by atoms with Crippen molar-refractivity contribution in [1.29, 1.82) is 0 Å². The molecule has 0 aromatic heterocycles. The van der Waals surface area contributed by atoms with E-state index in [9.17, 15) is 23.2 Å². The molecule has 1 aliphatic rings. The molecule has 4 aromatic rings. The highest BCUT2D eigenvalue weighted by molar-refractivity contribution is 8.01. The highest BCUT2D eigenvalue weighted by atomic mass is 35.5. The van der Waals surface area contributed by atoms with Crippen molar-refractivity contribution in [2.45, 2.75) is 36.9 Å². The predicted molar refractivity (Wildman–Crippen MR) is 187 cm³/mol. The first-order chi connectivity index (χ1) is 23.6. The van der Waals surface area contributed by atoms with Crippen LogP contribution >= 0.6 is 23.4 Å². The number of nitrogens with two attached hydrogens (primary N) is 1. The molecule has 0 unspecified atom stereocenters. The largest absolute Gasteiger partial charge is 0.493 e. The molecule has 5 rings (SSSR count). The van der Waals surface area contributed by atoms with Crippen molar-refractivity contribution >= 4 is 52.5 Å². The number of hydrogen-bond donors (Lipinski definition) is 3. The minimum absolute atomic E-state index is 0.0660. The van der Waals surface area contributed by atoms with Gasteiger partial charge in [-0.05, 0) is 84.6 Å². The van der Waals surface area contributed by atoms with Crippen LogP contribution in [0.25, 0.3) is 0 Å². The molecule has 0 radical (unpaired) electrons. The maximum absolute atomic E-state index is 13.9. The van der Waals surface area contributed by atoms with Gasteiger partial charge in [-0.15, -0.1) is 11.8 Å². The van der Waals surface area contributed by atoms with Crippen LogP contribution in [0.2, 0.25) is 5.02 Å². The topological polar surface area (TPSA) is 123 Å². The lowest BCUT2D eigenvalue weighted by Crippen LogP contribution is -2.34. The van der Waals surface area contributed by atoms with Gasteiger partial charge in [0.25, 0.3) is 0 Å². The first-order valence-corrected chi connectivity index (χ1v) is 16.8. The van der Waals surface area contributed by atoms with E-state index in [1.165, 1.54) is 40.9 Å². The minimum atomic E-state index is -0.738. The van der Waals surface area contributed by atoms with Crippen LogP contribution in [0, 0.1) is 11.6 Å². The van der Waals surface area contributed by atoms with Gasteiger partial charge in [0.15, 0.2) is 11.5 Å². The third-order valence-electron chi connectivity index (χ3n) is 7.78. The van der Waals surface area contributed by atoms with Crippen molar-refractivity contribution in [3.63, 3.8) is 0 Å². The number of thioether (sulfide) groups is 1. The molecule has 0 spiro atoms. The fourth-order valence-corrected chi connectivity index (χ4v) is 7.10. The third-order valence-corrected chi connectivity index (χ3v) is 9.55. The van der Waals surface area contributed by atoms with E-state index in [0.717, 1.165) is 17.2 Å². The number of amides is 3. The Balaban J connectivity index is 1.30. The summed E-state index contributed by atoms with van der Waals surface area (Å²) in [5, 5.41) is 4.94. The monoisotopic (exact) mass is 708 g/mol. The average molecular weight is 709 g/mol. The second-order valence-electron chi connectivity index (χ2n) is 11.2. The van der Waals surface area contributed by atoms with Gasteiger partial charge in [-0.2, -0.15) is 0 Å². The number of methoxy groups -OCH3 is 1. The number of ether oxygens (including phenoxy) is 2. The highest BCUT2D eigenvalue weighted by Gasteiger charge is 2.43. The maximum Gasteiger partial charge on any atom is 0.250 e. The number of hydrogen-bond acceptors (Lipinski definition) is 7. The van der Waals surface area contributed by atoms with Crippen molar-refractivity contribution in [2.24, 2.45) is 5.73 Å². The lowest BCUT2D eigenvalue weighted by Gasteiger charge is -2.25. The molecule has 0 aliphatic carbocycles. The van der Waals surface area contributed by atoms with Crippen LogP contribution < -0.4 is 30.7 Å². The van der Waals surface area contributed by atoms with Crippen LogP contribution in [0.5, 0.6) is 11.5 Å². The van der Waals surface area contributed by atoms with Gasteiger partial charge in [0.05, 0.1) is 29.6 Å². The Morgan fingerprint density at radius 3 is 2.37 bits per heavy atom. The zero-order valence-electron chi connectivity index (χ0n) is 26.8. The first kappa shape index (κ1) is 35.5. The van der Waals surface area contributed by atoms with E-state index < -0.39 is 28.2 Å². The zero-order chi connectivity index (χ0) is 35.1. The molecular formula is C36H35ClF2N4O5S. The number of anilines is 2. The second-order valence-corrected chi connectivity index (χ2v) is 12.9. The number of rotatable bonds is 14. The summed E-state index contributed by atoms with van der Waals surface area (Å²) >= 11 is 7.52. The van der Waals surface area contributed by atoms with Crippen LogP contribution in [0.1, 0.15) is 45.8 Å². The van der Waals surface area contributed by atoms with Crippen LogP contribution in [0.3, 0.4) is 0 Å². The van der Waals surface area contributed by atoms with Crippen LogP contribution in [-0.4, -0.2) is 43.2 Å². The summed E-state index contributed by atoms with van der Waals surface area (Å²) in [5.74, 6) is -1.40. The number of nitrogens with zero attached hydrogens (tertiary/aromatic N) is 1.